The van der Waals surface area contributed by atoms with E-state index < -0.39 is 0 Å². The minimum Gasteiger partial charge on any atom is -0.309 e. The van der Waals surface area contributed by atoms with E-state index in [0.29, 0.717) is 0 Å². The molecule has 5 heterocycles. The van der Waals surface area contributed by atoms with Crippen LogP contribution >= 0.6 is 0 Å². The summed E-state index contributed by atoms with van der Waals surface area (Å²) in [5.41, 5.74) is 18.4. The van der Waals surface area contributed by atoms with Crippen molar-refractivity contribution in [2.75, 3.05) is 4.90 Å². The van der Waals surface area contributed by atoms with Crippen LogP contribution in [0.2, 0.25) is 0 Å². The molecular weight excluding hydrogens is 827 g/mol. The van der Waals surface area contributed by atoms with E-state index in [0.717, 1.165) is 50.7 Å². The number of aromatic nitrogens is 4. The van der Waals surface area contributed by atoms with Crippen molar-refractivity contribution in [1.29, 1.82) is 0 Å². The Labute approximate surface area is 391 Å². The van der Waals surface area contributed by atoms with Crippen molar-refractivity contribution in [3.05, 3.63) is 237 Å². The molecule has 1 aliphatic rings. The van der Waals surface area contributed by atoms with Crippen LogP contribution in [0.4, 0.5) is 17.1 Å². The summed E-state index contributed by atoms with van der Waals surface area (Å²) < 4.78 is 7.23. The second-order valence-electron chi connectivity index (χ2n) is 18.0. The molecule has 0 atom stereocenters. The van der Waals surface area contributed by atoms with Gasteiger partial charge in [0, 0.05) is 77.8 Å². The smallest absolute Gasteiger partial charge is 0.0702 e. The van der Waals surface area contributed by atoms with E-state index in [1.807, 2.05) is 12.3 Å². The van der Waals surface area contributed by atoms with E-state index in [2.05, 4.69) is 243 Å². The highest BCUT2D eigenvalue weighted by molar-refractivity contribution is 6.19. The lowest BCUT2D eigenvalue weighted by atomic mass is 9.89. The summed E-state index contributed by atoms with van der Waals surface area (Å²) in [6.45, 7) is 0. The molecule has 0 amide bonds. The lowest BCUT2D eigenvalue weighted by molar-refractivity contribution is 1.14. The predicted molar refractivity (Wildman–Crippen MR) is 284 cm³/mol. The largest absolute Gasteiger partial charge is 0.309 e. The number of nitrogens with zero attached hydrogens (tertiary/aromatic N) is 5. The number of fused-ring (bicyclic) bond motifs is 11. The first-order chi connectivity index (χ1) is 33.7. The minimum absolute atomic E-state index is 0.956. The highest BCUT2D eigenvalue weighted by atomic mass is 15.2. The number of para-hydroxylation sites is 4. The second-order valence-corrected chi connectivity index (χ2v) is 18.0. The fourth-order valence-electron chi connectivity index (χ4n) is 11.5. The van der Waals surface area contributed by atoms with Gasteiger partial charge in [-0.15, -0.1) is 0 Å². The first-order valence-corrected chi connectivity index (χ1v) is 23.3. The van der Waals surface area contributed by atoms with E-state index in [1.165, 1.54) is 82.0 Å². The van der Waals surface area contributed by atoms with Crippen LogP contribution in [0.3, 0.4) is 0 Å². The molecule has 316 valence electrons. The van der Waals surface area contributed by atoms with Gasteiger partial charge in [0.15, 0.2) is 0 Å². The van der Waals surface area contributed by atoms with Gasteiger partial charge in [-0.2, -0.15) is 0 Å². The quantitative estimate of drug-likeness (QED) is 0.173. The van der Waals surface area contributed by atoms with E-state index >= 15 is 0 Å². The van der Waals surface area contributed by atoms with Crippen molar-refractivity contribution in [3.8, 4) is 39.4 Å². The molecule has 0 unspecified atom stereocenters. The molecular formula is C63H39N5. The zero-order valence-electron chi connectivity index (χ0n) is 36.8. The molecule has 5 heteroatoms. The van der Waals surface area contributed by atoms with Crippen LogP contribution in [0.25, 0.3) is 116 Å². The fourth-order valence-corrected chi connectivity index (χ4v) is 11.5. The van der Waals surface area contributed by atoms with Crippen LogP contribution in [-0.4, -0.2) is 18.7 Å². The summed E-state index contributed by atoms with van der Waals surface area (Å²) in [7, 11) is 0. The molecule has 14 aromatic rings. The Hall–Kier alpha value is -9.19. The van der Waals surface area contributed by atoms with Gasteiger partial charge in [-0.3, -0.25) is 4.98 Å². The summed E-state index contributed by atoms with van der Waals surface area (Å²) in [5, 5.41) is 9.89. The third-order valence-electron chi connectivity index (χ3n) is 14.4. The highest BCUT2D eigenvalue weighted by Gasteiger charge is 2.29. The first-order valence-electron chi connectivity index (χ1n) is 23.3. The van der Waals surface area contributed by atoms with Crippen LogP contribution in [0, 0.1) is 0 Å². The van der Waals surface area contributed by atoms with Crippen molar-refractivity contribution < 1.29 is 0 Å². The van der Waals surface area contributed by atoms with Crippen molar-refractivity contribution in [3.63, 3.8) is 0 Å². The molecule has 4 aromatic heterocycles. The molecule has 5 nitrogen and oxygen atoms in total. The standard InChI is InChI=1S/C63H39N5/c1-5-21-55-46(15-1)47-16-2-6-22-56(47)65(55)42-27-31-44(32-28-42)67-59-35-26-41(54-20-9-10-36-64-54)37-51(59)53-38-52-50-19-11-13-40-14-12-25-60(63(40)50)68(61(52)39-62(53)67)45-33-29-43(30-34-45)66-57-23-7-3-17-48(57)49-18-4-8-24-58(49)66/h1-39H. The van der Waals surface area contributed by atoms with Gasteiger partial charge in [-0.05, 0) is 126 Å². The number of benzene rings is 10. The maximum Gasteiger partial charge on any atom is 0.0702 e. The zero-order chi connectivity index (χ0) is 44.5. The summed E-state index contributed by atoms with van der Waals surface area (Å²) in [5.74, 6) is 0. The molecule has 0 aliphatic carbocycles. The minimum atomic E-state index is 0.956. The molecule has 15 rings (SSSR count). The molecule has 0 fully saturated rings. The molecule has 10 aromatic carbocycles. The van der Waals surface area contributed by atoms with Crippen LogP contribution in [-0.2, 0) is 0 Å². The molecule has 68 heavy (non-hydrogen) atoms. The Morgan fingerprint density at radius 1 is 0.294 bits per heavy atom. The number of anilines is 3. The number of rotatable bonds is 5. The lowest BCUT2D eigenvalue weighted by Crippen LogP contribution is -2.15. The van der Waals surface area contributed by atoms with Crippen LogP contribution in [0.15, 0.2) is 237 Å². The van der Waals surface area contributed by atoms with Crippen molar-refractivity contribution in [2.24, 2.45) is 0 Å². The Kier molecular flexibility index (Phi) is 7.72. The Morgan fingerprint density at radius 2 is 0.779 bits per heavy atom. The Balaban J connectivity index is 0.959. The third-order valence-corrected chi connectivity index (χ3v) is 14.4. The number of hydrogen-bond acceptors (Lipinski definition) is 2. The summed E-state index contributed by atoms with van der Waals surface area (Å²) in [6, 6.07) is 84.4. The molecule has 0 saturated heterocycles. The van der Waals surface area contributed by atoms with Gasteiger partial charge in [0.2, 0.25) is 0 Å². The zero-order valence-corrected chi connectivity index (χ0v) is 36.8. The van der Waals surface area contributed by atoms with E-state index in [4.69, 9.17) is 4.98 Å². The number of pyridine rings is 1. The van der Waals surface area contributed by atoms with Crippen LogP contribution in [0.1, 0.15) is 0 Å². The average molecular weight is 866 g/mol. The molecule has 0 radical (unpaired) electrons. The lowest BCUT2D eigenvalue weighted by Gasteiger charge is -2.34. The second kappa shape index (κ2) is 14.2. The predicted octanol–water partition coefficient (Wildman–Crippen LogP) is 16.6. The van der Waals surface area contributed by atoms with Crippen molar-refractivity contribution in [2.45, 2.75) is 0 Å². The number of hydrogen-bond donors (Lipinski definition) is 0. The van der Waals surface area contributed by atoms with Gasteiger partial charge in [-0.1, -0.05) is 115 Å². The monoisotopic (exact) mass is 865 g/mol. The first kappa shape index (κ1) is 37.1. The summed E-state index contributed by atoms with van der Waals surface area (Å²) in [6.07, 6.45) is 1.88. The van der Waals surface area contributed by atoms with Crippen molar-refractivity contribution in [1.82, 2.24) is 18.7 Å². The molecule has 0 N–H and O–H groups in total. The molecule has 0 saturated carbocycles. The van der Waals surface area contributed by atoms with Gasteiger partial charge in [0.1, 0.15) is 0 Å². The Bertz CT molecular complexity index is 4250. The maximum absolute atomic E-state index is 4.78. The van der Waals surface area contributed by atoms with Gasteiger partial charge < -0.3 is 18.6 Å². The van der Waals surface area contributed by atoms with Gasteiger partial charge >= 0.3 is 0 Å². The molecule has 1 aliphatic heterocycles. The normalized spacial score (nSPS) is 12.4. The van der Waals surface area contributed by atoms with E-state index in [9.17, 15) is 0 Å². The third kappa shape index (κ3) is 5.24. The molecule has 0 spiro atoms. The molecule has 0 bridgehead atoms. The van der Waals surface area contributed by atoms with E-state index in [-0.39, 0.29) is 0 Å². The van der Waals surface area contributed by atoms with E-state index in [1.54, 1.807) is 0 Å². The summed E-state index contributed by atoms with van der Waals surface area (Å²) >= 11 is 0. The summed E-state index contributed by atoms with van der Waals surface area (Å²) in [4.78, 5) is 7.26. The van der Waals surface area contributed by atoms with Gasteiger partial charge in [0.05, 0.1) is 50.2 Å². The van der Waals surface area contributed by atoms with Crippen LogP contribution in [0.5, 0.6) is 0 Å². The van der Waals surface area contributed by atoms with Gasteiger partial charge in [0.25, 0.3) is 0 Å². The maximum atomic E-state index is 4.78. The average Bonchev–Trinajstić information content (AvgIpc) is 4.04. The van der Waals surface area contributed by atoms with Crippen LogP contribution < -0.4 is 4.90 Å². The highest BCUT2D eigenvalue weighted by Crippen LogP contribution is 2.53. The van der Waals surface area contributed by atoms with Gasteiger partial charge in [-0.25, -0.2) is 0 Å². The fraction of sp³-hybridized carbons (Fsp3) is 0. The van der Waals surface area contributed by atoms with Crippen molar-refractivity contribution >= 4 is 93.3 Å². The Morgan fingerprint density at radius 3 is 1.34 bits per heavy atom. The topological polar surface area (TPSA) is 30.9 Å². The SMILES string of the molecule is c1ccc(-c2ccc3c(c2)c2cc4c(cc2n3-c2ccc(-n3c5ccccc5c5ccccc53)cc2)N(c2ccc(-n3c5ccccc5c5ccccc53)cc2)c2cccc3cccc-4c23)nc1.